The maximum Gasteiger partial charge on any atom is 0.134 e. The van der Waals surface area contributed by atoms with Crippen LogP contribution in [0.2, 0.25) is 0 Å². The number of aromatic nitrogens is 3. The first-order valence-corrected chi connectivity index (χ1v) is 7.05. The lowest BCUT2D eigenvalue weighted by Gasteiger charge is -2.15. The van der Waals surface area contributed by atoms with Crippen LogP contribution < -0.4 is 5.32 Å². The summed E-state index contributed by atoms with van der Waals surface area (Å²) in [5.41, 5.74) is 2.49. The van der Waals surface area contributed by atoms with Crippen LogP contribution in [0.15, 0.2) is 24.3 Å². The second-order valence-electron chi connectivity index (χ2n) is 5.13. The molecule has 0 spiro atoms. The fourth-order valence-corrected chi connectivity index (χ4v) is 2.63. The minimum Gasteiger partial charge on any atom is -0.384 e. The fourth-order valence-electron chi connectivity index (χ4n) is 2.63. The van der Waals surface area contributed by atoms with E-state index in [1.54, 1.807) is 0 Å². The summed E-state index contributed by atoms with van der Waals surface area (Å²) in [6.07, 6.45) is 4.52. The van der Waals surface area contributed by atoms with Gasteiger partial charge in [0.1, 0.15) is 11.6 Å². The largest absolute Gasteiger partial charge is 0.384 e. The smallest absolute Gasteiger partial charge is 0.134 e. The molecule has 3 rings (SSSR count). The Balaban J connectivity index is 1.61. The van der Waals surface area contributed by atoms with E-state index in [0.717, 1.165) is 37.6 Å². The lowest BCUT2D eigenvalue weighted by molar-refractivity contribution is 0.508. The normalized spacial score (nSPS) is 14.2. The van der Waals surface area contributed by atoms with Gasteiger partial charge in [0.25, 0.3) is 0 Å². The molecule has 1 aromatic carbocycles. The third-order valence-corrected chi connectivity index (χ3v) is 3.75. The van der Waals surface area contributed by atoms with E-state index >= 15 is 0 Å². The van der Waals surface area contributed by atoms with Gasteiger partial charge in [0.15, 0.2) is 0 Å². The summed E-state index contributed by atoms with van der Waals surface area (Å²) in [7, 11) is 0. The molecule has 0 fully saturated rings. The summed E-state index contributed by atoms with van der Waals surface area (Å²) < 4.78 is 2.29. The molecule has 2 heterocycles. The van der Waals surface area contributed by atoms with Gasteiger partial charge >= 0.3 is 0 Å². The quantitative estimate of drug-likeness (QED) is 0.914. The Morgan fingerprint density at radius 2 is 2.11 bits per heavy atom. The Bertz CT molecular complexity index is 559. The minimum absolute atomic E-state index is 0.906. The topological polar surface area (TPSA) is 42.7 Å². The summed E-state index contributed by atoms with van der Waals surface area (Å²) >= 11 is 0. The molecule has 1 aliphatic heterocycles. The van der Waals surface area contributed by atoms with E-state index in [2.05, 4.69) is 51.3 Å². The molecule has 1 aliphatic rings. The second kappa shape index (κ2) is 5.43. The van der Waals surface area contributed by atoms with E-state index in [-0.39, 0.29) is 0 Å². The van der Waals surface area contributed by atoms with Crippen LogP contribution >= 0.6 is 0 Å². The maximum atomic E-state index is 4.32. The molecule has 0 amide bonds. The SMILES string of the molecule is Cc1ccccc1NCCc1nnc2n1CCCC2. The molecular formula is C15H20N4. The van der Waals surface area contributed by atoms with Gasteiger partial charge in [0, 0.05) is 31.6 Å². The van der Waals surface area contributed by atoms with Crippen molar-refractivity contribution in [2.75, 3.05) is 11.9 Å². The third-order valence-electron chi connectivity index (χ3n) is 3.75. The van der Waals surface area contributed by atoms with Crippen LogP contribution in [-0.4, -0.2) is 21.3 Å². The number of fused-ring (bicyclic) bond motifs is 1. The number of rotatable bonds is 4. The number of para-hydroxylation sites is 1. The Morgan fingerprint density at radius 3 is 3.00 bits per heavy atom. The lowest BCUT2D eigenvalue weighted by atomic mass is 10.1. The Hall–Kier alpha value is -1.84. The van der Waals surface area contributed by atoms with Gasteiger partial charge in [-0.05, 0) is 31.4 Å². The van der Waals surface area contributed by atoms with Gasteiger partial charge in [-0.1, -0.05) is 18.2 Å². The van der Waals surface area contributed by atoms with Crippen molar-refractivity contribution in [1.82, 2.24) is 14.8 Å². The average molecular weight is 256 g/mol. The van der Waals surface area contributed by atoms with Crippen molar-refractivity contribution in [1.29, 1.82) is 0 Å². The van der Waals surface area contributed by atoms with Gasteiger partial charge in [0.2, 0.25) is 0 Å². The maximum absolute atomic E-state index is 4.32. The standard InChI is InChI=1S/C15H20N4/c1-12-6-2-3-7-13(12)16-10-9-15-18-17-14-8-4-5-11-19(14)15/h2-3,6-7,16H,4-5,8-11H2,1H3. The van der Waals surface area contributed by atoms with E-state index in [1.807, 2.05) is 0 Å². The van der Waals surface area contributed by atoms with Gasteiger partial charge in [-0.2, -0.15) is 0 Å². The molecule has 0 aliphatic carbocycles. The monoisotopic (exact) mass is 256 g/mol. The van der Waals surface area contributed by atoms with Gasteiger partial charge in [0.05, 0.1) is 0 Å². The fraction of sp³-hybridized carbons (Fsp3) is 0.467. The van der Waals surface area contributed by atoms with Crippen LogP contribution in [0.5, 0.6) is 0 Å². The number of aryl methyl sites for hydroxylation is 2. The molecule has 2 aromatic rings. The number of nitrogens with zero attached hydrogens (tertiary/aromatic N) is 3. The molecule has 4 nitrogen and oxygen atoms in total. The Labute approximate surface area is 113 Å². The second-order valence-corrected chi connectivity index (χ2v) is 5.13. The third kappa shape index (κ3) is 2.62. The van der Waals surface area contributed by atoms with E-state index in [9.17, 15) is 0 Å². The molecule has 0 atom stereocenters. The van der Waals surface area contributed by atoms with Gasteiger partial charge < -0.3 is 9.88 Å². The average Bonchev–Trinajstić information content (AvgIpc) is 2.85. The first kappa shape index (κ1) is 12.2. The Kier molecular flexibility index (Phi) is 3.49. The molecular weight excluding hydrogens is 236 g/mol. The molecule has 0 saturated heterocycles. The van der Waals surface area contributed by atoms with E-state index < -0.39 is 0 Å². The number of benzene rings is 1. The first-order chi connectivity index (χ1) is 9.34. The number of nitrogens with one attached hydrogen (secondary N) is 1. The number of hydrogen-bond donors (Lipinski definition) is 1. The van der Waals surface area contributed by atoms with E-state index in [1.165, 1.54) is 24.1 Å². The van der Waals surface area contributed by atoms with Crippen molar-refractivity contribution in [2.45, 2.75) is 39.2 Å². The molecule has 1 aromatic heterocycles. The summed E-state index contributed by atoms with van der Waals surface area (Å²) in [6.45, 7) is 4.12. The highest BCUT2D eigenvalue weighted by atomic mass is 15.3. The Morgan fingerprint density at radius 1 is 1.21 bits per heavy atom. The van der Waals surface area contributed by atoms with E-state index in [4.69, 9.17) is 0 Å². The molecule has 0 unspecified atom stereocenters. The highest BCUT2D eigenvalue weighted by Gasteiger charge is 2.14. The predicted molar refractivity (Wildman–Crippen MR) is 76.3 cm³/mol. The van der Waals surface area contributed by atoms with Crippen molar-refractivity contribution in [3.05, 3.63) is 41.5 Å². The highest BCUT2D eigenvalue weighted by molar-refractivity contribution is 5.50. The van der Waals surface area contributed by atoms with Gasteiger partial charge in [-0.3, -0.25) is 0 Å². The molecule has 0 bridgehead atoms. The summed E-state index contributed by atoms with van der Waals surface area (Å²) in [6, 6.07) is 8.37. The van der Waals surface area contributed by atoms with Crippen LogP contribution in [0.1, 0.15) is 30.1 Å². The first-order valence-electron chi connectivity index (χ1n) is 7.05. The zero-order valence-electron chi connectivity index (χ0n) is 11.4. The zero-order valence-corrected chi connectivity index (χ0v) is 11.4. The summed E-state index contributed by atoms with van der Waals surface area (Å²) in [5.74, 6) is 2.29. The van der Waals surface area contributed by atoms with Crippen LogP contribution in [0.3, 0.4) is 0 Å². The summed E-state index contributed by atoms with van der Waals surface area (Å²) in [4.78, 5) is 0. The van der Waals surface area contributed by atoms with E-state index in [0.29, 0.717) is 0 Å². The van der Waals surface area contributed by atoms with Crippen LogP contribution in [0, 0.1) is 6.92 Å². The van der Waals surface area contributed by atoms with Gasteiger partial charge in [-0.25, -0.2) is 0 Å². The molecule has 1 N–H and O–H groups in total. The van der Waals surface area contributed by atoms with Crippen LogP contribution in [0.4, 0.5) is 5.69 Å². The number of hydrogen-bond acceptors (Lipinski definition) is 3. The van der Waals surface area contributed by atoms with Crippen LogP contribution in [0.25, 0.3) is 0 Å². The van der Waals surface area contributed by atoms with Crippen molar-refractivity contribution < 1.29 is 0 Å². The van der Waals surface area contributed by atoms with Gasteiger partial charge in [-0.15, -0.1) is 10.2 Å². The van der Waals surface area contributed by atoms with Crippen molar-refractivity contribution in [2.24, 2.45) is 0 Å². The van der Waals surface area contributed by atoms with Crippen molar-refractivity contribution >= 4 is 5.69 Å². The highest BCUT2D eigenvalue weighted by Crippen LogP contribution is 2.16. The minimum atomic E-state index is 0.906. The van der Waals surface area contributed by atoms with Crippen LogP contribution in [-0.2, 0) is 19.4 Å². The van der Waals surface area contributed by atoms with Crippen molar-refractivity contribution in [3.63, 3.8) is 0 Å². The predicted octanol–water partition coefficient (Wildman–Crippen LogP) is 2.58. The molecule has 100 valence electrons. The lowest BCUT2D eigenvalue weighted by Crippen LogP contribution is -2.15. The summed E-state index contributed by atoms with van der Waals surface area (Å²) in [5, 5.41) is 12.1. The van der Waals surface area contributed by atoms with Crippen molar-refractivity contribution in [3.8, 4) is 0 Å². The molecule has 0 saturated carbocycles. The molecule has 0 radical (unpaired) electrons. The molecule has 4 heteroatoms. The zero-order chi connectivity index (χ0) is 13.1. The number of anilines is 1. The molecule has 19 heavy (non-hydrogen) atoms.